The number of carbonyl (C=O) groups is 1. The fourth-order valence-corrected chi connectivity index (χ4v) is 3.81. The Morgan fingerprint density at radius 3 is 2.40 bits per heavy atom. The summed E-state index contributed by atoms with van der Waals surface area (Å²) in [5, 5.41) is 40.4. The van der Waals surface area contributed by atoms with Crippen molar-refractivity contribution < 1.29 is 48.6 Å². The first-order valence-electron chi connectivity index (χ1n) is 10.6. The van der Waals surface area contributed by atoms with Gasteiger partial charge in [0.05, 0.1) is 13.7 Å². The second-order valence-corrected chi connectivity index (χ2v) is 7.92. The van der Waals surface area contributed by atoms with Crippen LogP contribution in [0.2, 0.25) is 0 Å². The zero-order valence-electron chi connectivity index (χ0n) is 18.8. The van der Waals surface area contributed by atoms with Crippen LogP contribution >= 0.6 is 0 Å². The number of hydrogen-bond acceptors (Lipinski definition) is 11. The predicted molar refractivity (Wildman–Crippen MR) is 120 cm³/mol. The first-order valence-corrected chi connectivity index (χ1v) is 10.6. The summed E-state index contributed by atoms with van der Waals surface area (Å²) in [5.74, 6) is -0.405. The van der Waals surface area contributed by atoms with Crippen LogP contribution in [-0.2, 0) is 14.3 Å². The van der Waals surface area contributed by atoms with Crippen molar-refractivity contribution in [2.24, 2.45) is 0 Å². The molecule has 4 rings (SSSR count). The van der Waals surface area contributed by atoms with Gasteiger partial charge in [0.15, 0.2) is 11.5 Å². The molecule has 0 radical (unpaired) electrons. The third-order valence-electron chi connectivity index (χ3n) is 5.54. The number of fused-ring (bicyclic) bond motifs is 1. The van der Waals surface area contributed by atoms with Crippen LogP contribution in [0.1, 0.15) is 6.92 Å². The molecule has 11 heteroatoms. The first-order chi connectivity index (χ1) is 16.7. The number of methoxy groups -OCH3 is 1. The van der Waals surface area contributed by atoms with E-state index < -0.39 is 54.5 Å². The van der Waals surface area contributed by atoms with Gasteiger partial charge in [-0.1, -0.05) is 0 Å². The Balaban J connectivity index is 1.71. The van der Waals surface area contributed by atoms with Crippen molar-refractivity contribution in [1.29, 1.82) is 0 Å². The van der Waals surface area contributed by atoms with E-state index in [1.54, 1.807) is 24.3 Å². The Morgan fingerprint density at radius 1 is 1.06 bits per heavy atom. The van der Waals surface area contributed by atoms with E-state index in [1.807, 2.05) is 0 Å². The molecule has 0 spiro atoms. The topological polar surface area (TPSA) is 165 Å². The number of rotatable bonds is 6. The second kappa shape index (κ2) is 9.92. The average molecular weight is 488 g/mol. The zero-order chi connectivity index (χ0) is 25.3. The van der Waals surface area contributed by atoms with Crippen LogP contribution in [0, 0.1) is 0 Å². The molecule has 2 aromatic carbocycles. The van der Waals surface area contributed by atoms with Crippen molar-refractivity contribution in [3.8, 4) is 28.6 Å². The molecule has 186 valence electrons. The van der Waals surface area contributed by atoms with Gasteiger partial charge in [0.1, 0.15) is 52.3 Å². The molecule has 35 heavy (non-hydrogen) atoms. The number of esters is 1. The van der Waals surface area contributed by atoms with Gasteiger partial charge in [0.2, 0.25) is 6.29 Å². The van der Waals surface area contributed by atoms with Gasteiger partial charge >= 0.3 is 5.97 Å². The van der Waals surface area contributed by atoms with Gasteiger partial charge < -0.3 is 43.8 Å². The third kappa shape index (κ3) is 4.93. The zero-order valence-corrected chi connectivity index (χ0v) is 18.8. The van der Waals surface area contributed by atoms with Crippen LogP contribution in [0.4, 0.5) is 0 Å². The number of aliphatic hydroxyl groups is 3. The number of hydrogen-bond donors (Lipinski definition) is 4. The molecule has 1 saturated heterocycles. The molecule has 0 aliphatic carbocycles. The van der Waals surface area contributed by atoms with E-state index in [0.717, 1.165) is 13.0 Å². The second-order valence-electron chi connectivity index (χ2n) is 7.92. The molecular weight excluding hydrogens is 464 g/mol. The Hall–Kier alpha value is -3.64. The summed E-state index contributed by atoms with van der Waals surface area (Å²) in [5.41, 5.74) is 0.0909. The lowest BCUT2D eigenvalue weighted by Crippen LogP contribution is -2.61. The summed E-state index contributed by atoms with van der Waals surface area (Å²) in [6, 6.07) is 10.5. The summed E-state index contributed by atoms with van der Waals surface area (Å²) in [7, 11) is 1.53. The van der Waals surface area contributed by atoms with E-state index in [2.05, 4.69) is 0 Å². The van der Waals surface area contributed by atoms with E-state index in [1.165, 1.54) is 19.2 Å². The molecule has 11 nitrogen and oxygen atoms in total. The molecule has 1 aliphatic rings. The van der Waals surface area contributed by atoms with Crippen molar-refractivity contribution in [3.63, 3.8) is 0 Å². The molecule has 0 unspecified atom stereocenters. The minimum atomic E-state index is -1.62. The molecule has 1 aromatic heterocycles. The number of ether oxygens (including phenoxy) is 4. The Labute approximate surface area is 198 Å². The van der Waals surface area contributed by atoms with Crippen molar-refractivity contribution in [2.75, 3.05) is 13.7 Å². The van der Waals surface area contributed by atoms with Crippen molar-refractivity contribution in [1.82, 2.24) is 0 Å². The van der Waals surface area contributed by atoms with E-state index >= 15 is 0 Å². The summed E-state index contributed by atoms with van der Waals surface area (Å²) in [4.78, 5) is 24.2. The number of benzene rings is 2. The van der Waals surface area contributed by atoms with Crippen LogP contribution in [0.25, 0.3) is 22.3 Å². The Bertz CT molecular complexity index is 1270. The van der Waals surface area contributed by atoms with Crippen molar-refractivity contribution >= 4 is 16.9 Å². The summed E-state index contributed by atoms with van der Waals surface area (Å²) in [6.07, 6.45) is -7.29. The summed E-state index contributed by atoms with van der Waals surface area (Å²) in [6.45, 7) is 0.458. The molecule has 0 amide bonds. The fourth-order valence-electron chi connectivity index (χ4n) is 3.81. The molecule has 0 saturated carbocycles. The van der Waals surface area contributed by atoms with Gasteiger partial charge in [-0.2, -0.15) is 0 Å². The van der Waals surface area contributed by atoms with E-state index in [9.17, 15) is 30.0 Å². The number of aromatic hydroxyl groups is 1. The lowest BCUT2D eigenvalue weighted by molar-refractivity contribution is -0.281. The number of phenolic OH excluding ortho intramolecular Hbond substituents is 1. The lowest BCUT2D eigenvalue weighted by Gasteiger charge is -2.41. The van der Waals surface area contributed by atoms with Crippen LogP contribution in [0.3, 0.4) is 0 Å². The first kappa shape index (κ1) is 24.5. The van der Waals surface area contributed by atoms with Gasteiger partial charge in [-0.15, -0.1) is 0 Å². The SMILES string of the molecule is COc1ccc(-c2cc(=O)c3c(O)cc(O[C@@H]4O[C@@H](CO)[C@H](O)[C@H](O)[C@H]4OC(C)=O)cc3o2)cc1. The minimum Gasteiger partial charge on any atom is -0.507 e. The maximum absolute atomic E-state index is 12.7. The van der Waals surface area contributed by atoms with Gasteiger partial charge in [-0.05, 0) is 24.3 Å². The van der Waals surface area contributed by atoms with Gasteiger partial charge in [0, 0.05) is 30.7 Å². The smallest absolute Gasteiger partial charge is 0.303 e. The average Bonchev–Trinajstić information content (AvgIpc) is 2.83. The van der Waals surface area contributed by atoms with Crippen LogP contribution in [0.15, 0.2) is 51.7 Å². The monoisotopic (exact) mass is 488 g/mol. The largest absolute Gasteiger partial charge is 0.507 e. The van der Waals surface area contributed by atoms with Crippen molar-refractivity contribution in [2.45, 2.75) is 37.6 Å². The van der Waals surface area contributed by atoms with Gasteiger partial charge in [-0.3, -0.25) is 9.59 Å². The maximum Gasteiger partial charge on any atom is 0.303 e. The van der Waals surface area contributed by atoms with Crippen LogP contribution in [0.5, 0.6) is 17.2 Å². The number of aliphatic hydroxyl groups excluding tert-OH is 3. The molecule has 2 heterocycles. The highest BCUT2D eigenvalue weighted by molar-refractivity contribution is 5.86. The van der Waals surface area contributed by atoms with Crippen molar-refractivity contribution in [3.05, 3.63) is 52.7 Å². The normalized spacial score (nSPS) is 24.2. The third-order valence-corrected chi connectivity index (χ3v) is 5.54. The van der Waals surface area contributed by atoms with Gasteiger partial charge in [0.25, 0.3) is 0 Å². The van der Waals surface area contributed by atoms with Crippen LogP contribution in [-0.4, -0.2) is 70.8 Å². The molecule has 5 atom stereocenters. The molecule has 1 aliphatic heterocycles. The quantitative estimate of drug-likeness (QED) is 0.365. The maximum atomic E-state index is 12.7. The lowest BCUT2D eigenvalue weighted by atomic mass is 9.99. The number of phenols is 1. The predicted octanol–water partition coefficient (Wildman–Crippen LogP) is 0.924. The molecular formula is C24H24O11. The summed E-state index contributed by atoms with van der Waals surface area (Å²) < 4.78 is 27.2. The Kier molecular flexibility index (Phi) is 6.94. The van der Waals surface area contributed by atoms with E-state index in [0.29, 0.717) is 11.3 Å². The van der Waals surface area contributed by atoms with Crippen LogP contribution < -0.4 is 14.9 Å². The Morgan fingerprint density at radius 2 is 1.77 bits per heavy atom. The summed E-state index contributed by atoms with van der Waals surface area (Å²) >= 11 is 0. The highest BCUT2D eigenvalue weighted by Crippen LogP contribution is 2.34. The highest BCUT2D eigenvalue weighted by atomic mass is 16.7. The fraction of sp³-hybridized carbons (Fsp3) is 0.333. The standard InChI is InChI=1S/C24H24O11/c1-11(26)32-23-22(30)21(29)19(10-25)35-24(23)33-14-7-15(27)20-16(28)9-17(34-18(20)8-14)12-3-5-13(31-2)6-4-12/h3-9,19,21-25,27,29-30H,10H2,1-2H3/t19-,21-,22-,23+,24+/m0/s1. The molecule has 1 fully saturated rings. The van der Waals surface area contributed by atoms with E-state index in [4.69, 9.17) is 23.4 Å². The van der Waals surface area contributed by atoms with Gasteiger partial charge in [-0.25, -0.2) is 0 Å². The molecule has 3 aromatic rings. The van der Waals surface area contributed by atoms with E-state index in [-0.39, 0.29) is 22.5 Å². The number of carbonyl (C=O) groups excluding carboxylic acids is 1. The molecule has 4 N–H and O–H groups in total. The minimum absolute atomic E-state index is 0.00236. The molecule has 0 bridgehead atoms. The highest BCUT2D eigenvalue weighted by Gasteiger charge is 2.47.